The molecule has 0 radical (unpaired) electrons. The normalized spacial score (nSPS) is 19.5. The zero-order valence-corrected chi connectivity index (χ0v) is 23.5. The van der Waals surface area contributed by atoms with Crippen LogP contribution >= 0.6 is 0 Å². The van der Waals surface area contributed by atoms with E-state index in [2.05, 4.69) is 0 Å². The quantitative estimate of drug-likeness (QED) is 0.329. The Kier molecular flexibility index (Phi) is 6.61. The van der Waals surface area contributed by atoms with Gasteiger partial charge in [0, 0.05) is 0 Å². The molecule has 208 valence electrons. The van der Waals surface area contributed by atoms with Crippen molar-refractivity contribution in [3.8, 4) is 5.75 Å². The first kappa shape index (κ1) is 26.0. The number of carbonyl (C=O) groups is 1. The fourth-order valence-corrected chi connectivity index (χ4v) is 8.18. The van der Waals surface area contributed by atoms with Crippen molar-refractivity contribution in [3.63, 3.8) is 0 Å². The number of pyridine rings is 1. The summed E-state index contributed by atoms with van der Waals surface area (Å²) in [6.07, 6.45) is 1.01. The zero-order chi connectivity index (χ0) is 28.1. The molecule has 3 aliphatic rings. The number of rotatable bonds is 4. The summed E-state index contributed by atoms with van der Waals surface area (Å²) in [5.41, 5.74) is 2.42. The maximum absolute atomic E-state index is 15.4. The molecule has 0 saturated carbocycles. The summed E-state index contributed by atoms with van der Waals surface area (Å²) in [5.74, 6) is -2.12. The van der Waals surface area contributed by atoms with Gasteiger partial charge in [0.15, 0.2) is 0 Å². The SMILES string of the molecule is O=C1c2c(OCc3ccccc3)c(=O)ccn2N(C2c3ccccc3[Se]Cc3c2ccc(F)c3F)[C@@H]2COCCN12. The molecule has 0 N–H and O–H groups in total. The van der Waals surface area contributed by atoms with E-state index in [1.54, 1.807) is 21.8 Å². The monoisotopic (exact) mass is 621 g/mol. The Morgan fingerprint density at radius 2 is 1.76 bits per heavy atom. The van der Waals surface area contributed by atoms with E-state index in [0.29, 0.717) is 29.6 Å². The van der Waals surface area contributed by atoms with Crippen molar-refractivity contribution >= 4 is 25.3 Å². The average molecular weight is 621 g/mol. The third-order valence-corrected chi connectivity index (χ3v) is 10.1. The summed E-state index contributed by atoms with van der Waals surface area (Å²) in [5, 5.41) is 2.35. The Bertz CT molecular complexity index is 1710. The standard InChI is InChI=1S/C31H25F2N3O4Se/c32-23-11-10-20-22(27(23)33)18-41-25-9-5-4-8-21(25)28(20)36-26-17-39-15-14-34(26)31(38)29-30(24(37)12-13-35(29)36)40-16-19-6-2-1-3-7-19/h1-13,26,28H,14-18H2/t26-,28?/m1/s1. The van der Waals surface area contributed by atoms with Gasteiger partial charge in [-0.05, 0) is 0 Å². The molecule has 10 heteroatoms. The van der Waals surface area contributed by atoms with Gasteiger partial charge in [0.2, 0.25) is 0 Å². The van der Waals surface area contributed by atoms with Gasteiger partial charge in [-0.25, -0.2) is 0 Å². The molecule has 1 unspecified atom stereocenters. The molecular weight excluding hydrogens is 595 g/mol. The van der Waals surface area contributed by atoms with Crippen LogP contribution in [0.4, 0.5) is 8.78 Å². The van der Waals surface area contributed by atoms with Crippen molar-refractivity contribution in [2.24, 2.45) is 0 Å². The summed E-state index contributed by atoms with van der Waals surface area (Å²) in [4.78, 5) is 28.9. The van der Waals surface area contributed by atoms with Crippen molar-refractivity contribution in [2.75, 3.05) is 24.8 Å². The molecule has 1 amide bonds. The van der Waals surface area contributed by atoms with Crippen LogP contribution in [0.25, 0.3) is 0 Å². The predicted octanol–water partition coefficient (Wildman–Crippen LogP) is 3.09. The van der Waals surface area contributed by atoms with Crippen molar-refractivity contribution in [3.05, 3.63) is 129 Å². The molecule has 7 nitrogen and oxygen atoms in total. The number of halogens is 2. The van der Waals surface area contributed by atoms with E-state index in [1.165, 1.54) is 6.07 Å². The first-order chi connectivity index (χ1) is 20.0. The number of carbonyl (C=O) groups excluding carboxylic acids is 1. The first-order valence-electron chi connectivity index (χ1n) is 13.3. The Hall–Kier alpha value is -3.98. The van der Waals surface area contributed by atoms with Gasteiger partial charge < -0.3 is 0 Å². The van der Waals surface area contributed by atoms with Gasteiger partial charge in [-0.15, -0.1) is 0 Å². The summed E-state index contributed by atoms with van der Waals surface area (Å²) in [6.45, 7) is 0.966. The summed E-state index contributed by atoms with van der Waals surface area (Å²) in [6, 6.07) is 20.9. The zero-order valence-electron chi connectivity index (χ0n) is 21.8. The van der Waals surface area contributed by atoms with E-state index < -0.39 is 29.3 Å². The van der Waals surface area contributed by atoms with Gasteiger partial charge in [-0.2, -0.15) is 0 Å². The molecule has 41 heavy (non-hydrogen) atoms. The number of amides is 1. The number of hydrogen-bond acceptors (Lipinski definition) is 5. The third-order valence-electron chi connectivity index (χ3n) is 7.76. The van der Waals surface area contributed by atoms with Gasteiger partial charge >= 0.3 is 235 Å². The molecule has 1 aromatic heterocycles. The minimum atomic E-state index is -0.888. The minimum absolute atomic E-state index is 0.0482. The van der Waals surface area contributed by atoms with Crippen molar-refractivity contribution in [2.45, 2.75) is 24.1 Å². The molecule has 1 fully saturated rings. The fourth-order valence-electron chi connectivity index (χ4n) is 5.84. The maximum atomic E-state index is 15.4. The van der Waals surface area contributed by atoms with Crippen LogP contribution in [-0.2, 0) is 16.7 Å². The van der Waals surface area contributed by atoms with E-state index in [9.17, 15) is 14.0 Å². The molecule has 0 bridgehead atoms. The average Bonchev–Trinajstić information content (AvgIpc) is 3.17. The van der Waals surface area contributed by atoms with Gasteiger partial charge in [-0.1, -0.05) is 6.07 Å². The van der Waals surface area contributed by atoms with Crippen LogP contribution in [0.5, 0.6) is 5.75 Å². The van der Waals surface area contributed by atoms with Crippen LogP contribution in [0.15, 0.2) is 83.8 Å². The van der Waals surface area contributed by atoms with E-state index in [-0.39, 0.29) is 45.5 Å². The Balaban J connectivity index is 1.45. The molecule has 4 aromatic rings. The molecule has 0 aliphatic carbocycles. The second-order valence-corrected chi connectivity index (χ2v) is 12.2. The summed E-state index contributed by atoms with van der Waals surface area (Å²) < 4.78 is 44.5. The van der Waals surface area contributed by atoms with E-state index in [1.807, 2.05) is 59.6 Å². The number of nitrogens with zero attached hydrogens (tertiary/aromatic N) is 3. The van der Waals surface area contributed by atoms with Gasteiger partial charge in [0.1, 0.15) is 0 Å². The number of aromatic nitrogens is 1. The van der Waals surface area contributed by atoms with Gasteiger partial charge in [0.25, 0.3) is 0 Å². The molecule has 3 aromatic carbocycles. The van der Waals surface area contributed by atoms with Crippen LogP contribution in [0, 0.1) is 11.6 Å². The van der Waals surface area contributed by atoms with Crippen molar-refractivity contribution in [1.29, 1.82) is 0 Å². The van der Waals surface area contributed by atoms with Gasteiger partial charge in [-0.3, -0.25) is 0 Å². The Morgan fingerprint density at radius 3 is 2.61 bits per heavy atom. The van der Waals surface area contributed by atoms with Crippen molar-refractivity contribution in [1.82, 2.24) is 9.58 Å². The number of hydrogen-bond donors (Lipinski definition) is 0. The molecule has 1 saturated heterocycles. The number of benzene rings is 3. The molecule has 4 heterocycles. The van der Waals surface area contributed by atoms with E-state index >= 15 is 4.39 Å². The number of morpholine rings is 1. The molecule has 3 aliphatic heterocycles. The van der Waals surface area contributed by atoms with Crippen LogP contribution in [0.3, 0.4) is 0 Å². The van der Waals surface area contributed by atoms with Crippen molar-refractivity contribution < 1.29 is 23.0 Å². The first-order valence-corrected chi connectivity index (χ1v) is 15.4. The summed E-state index contributed by atoms with van der Waals surface area (Å²) >= 11 is -0.153. The van der Waals surface area contributed by atoms with Crippen LogP contribution in [0.2, 0.25) is 0 Å². The van der Waals surface area contributed by atoms with Gasteiger partial charge in [0.05, 0.1) is 0 Å². The fraction of sp³-hybridized carbons (Fsp3) is 0.226. The summed E-state index contributed by atoms with van der Waals surface area (Å²) in [7, 11) is 0. The van der Waals surface area contributed by atoms with E-state index in [4.69, 9.17) is 9.47 Å². The molecular formula is C31H25F2N3O4Se. The third kappa shape index (κ3) is 4.34. The van der Waals surface area contributed by atoms with Crippen LogP contribution < -0.4 is 19.6 Å². The molecule has 0 spiro atoms. The van der Waals surface area contributed by atoms with Crippen LogP contribution in [0.1, 0.15) is 38.8 Å². The molecule has 2 atom stereocenters. The topological polar surface area (TPSA) is 64.0 Å². The predicted molar refractivity (Wildman–Crippen MR) is 149 cm³/mol. The second kappa shape index (κ2) is 10.4. The molecule has 7 rings (SSSR count). The number of fused-ring (bicyclic) bond motifs is 4. The Morgan fingerprint density at radius 1 is 0.951 bits per heavy atom. The second-order valence-electron chi connectivity index (χ2n) is 10.1. The Labute approximate surface area is 241 Å². The van der Waals surface area contributed by atoms with Crippen LogP contribution in [-0.4, -0.2) is 56.4 Å². The number of ether oxygens (including phenoxy) is 2. The van der Waals surface area contributed by atoms with E-state index in [0.717, 1.165) is 21.7 Å².